The zero-order valence-corrected chi connectivity index (χ0v) is 10.7. The molecule has 0 aliphatic carbocycles. The molecule has 1 amide bonds. The third-order valence-corrected chi connectivity index (χ3v) is 2.37. The van der Waals surface area contributed by atoms with Gasteiger partial charge in [-0.3, -0.25) is 5.32 Å². The summed E-state index contributed by atoms with van der Waals surface area (Å²) in [5, 5.41) is 13.4. The molecule has 1 aromatic carbocycles. The summed E-state index contributed by atoms with van der Waals surface area (Å²) >= 11 is 0. The second-order valence-corrected chi connectivity index (χ2v) is 3.91. The lowest BCUT2D eigenvalue weighted by atomic mass is 10.2. The van der Waals surface area contributed by atoms with Crippen LogP contribution in [0.2, 0.25) is 0 Å². The molecule has 0 atom stereocenters. The maximum atomic E-state index is 11.0. The molecule has 0 saturated carbocycles. The van der Waals surface area contributed by atoms with Crippen molar-refractivity contribution in [2.24, 2.45) is 0 Å². The van der Waals surface area contributed by atoms with Crippen LogP contribution in [-0.4, -0.2) is 23.4 Å². The SMILES string of the molecule is COC(=O)Nc1ccc(Nc2cccc(C)c2)nn1. The topological polar surface area (TPSA) is 76.1 Å². The van der Waals surface area contributed by atoms with Crippen molar-refractivity contribution in [3.05, 3.63) is 42.0 Å². The first-order chi connectivity index (χ1) is 9.17. The fourth-order valence-corrected chi connectivity index (χ4v) is 1.49. The van der Waals surface area contributed by atoms with E-state index in [1.54, 1.807) is 12.1 Å². The summed E-state index contributed by atoms with van der Waals surface area (Å²) in [6.45, 7) is 2.01. The Bertz CT molecular complexity index is 569. The summed E-state index contributed by atoms with van der Waals surface area (Å²) in [7, 11) is 1.29. The molecule has 0 radical (unpaired) electrons. The number of carbonyl (C=O) groups is 1. The Hall–Kier alpha value is -2.63. The van der Waals surface area contributed by atoms with Gasteiger partial charge in [-0.25, -0.2) is 4.79 Å². The highest BCUT2D eigenvalue weighted by atomic mass is 16.5. The van der Waals surface area contributed by atoms with E-state index >= 15 is 0 Å². The van der Waals surface area contributed by atoms with Crippen LogP contribution >= 0.6 is 0 Å². The van der Waals surface area contributed by atoms with Crippen LogP contribution in [0.5, 0.6) is 0 Å². The van der Waals surface area contributed by atoms with Crippen molar-refractivity contribution in [2.45, 2.75) is 6.92 Å². The first-order valence-electron chi connectivity index (χ1n) is 5.70. The van der Waals surface area contributed by atoms with Crippen LogP contribution in [0.1, 0.15) is 5.56 Å². The number of aromatic nitrogens is 2. The fourth-order valence-electron chi connectivity index (χ4n) is 1.49. The molecule has 1 aromatic heterocycles. The Morgan fingerprint density at radius 2 is 1.89 bits per heavy atom. The van der Waals surface area contributed by atoms with Crippen molar-refractivity contribution < 1.29 is 9.53 Å². The van der Waals surface area contributed by atoms with E-state index in [2.05, 4.69) is 25.6 Å². The van der Waals surface area contributed by atoms with Gasteiger partial charge < -0.3 is 10.1 Å². The molecule has 2 N–H and O–H groups in total. The fraction of sp³-hybridized carbons (Fsp3) is 0.154. The Balaban J connectivity index is 2.04. The van der Waals surface area contributed by atoms with Crippen LogP contribution in [0.4, 0.5) is 22.1 Å². The molecule has 0 fully saturated rings. The molecule has 98 valence electrons. The van der Waals surface area contributed by atoms with Gasteiger partial charge in [0.1, 0.15) is 0 Å². The average molecular weight is 258 g/mol. The lowest BCUT2D eigenvalue weighted by Crippen LogP contribution is -2.12. The number of hydrogen-bond acceptors (Lipinski definition) is 5. The number of nitrogens with one attached hydrogen (secondary N) is 2. The lowest BCUT2D eigenvalue weighted by molar-refractivity contribution is 0.187. The molecule has 0 aliphatic rings. The maximum absolute atomic E-state index is 11.0. The number of rotatable bonds is 3. The molecule has 0 spiro atoms. The van der Waals surface area contributed by atoms with Gasteiger partial charge >= 0.3 is 6.09 Å². The molecular weight excluding hydrogens is 244 g/mol. The van der Waals surface area contributed by atoms with Gasteiger partial charge in [-0.05, 0) is 36.8 Å². The molecule has 19 heavy (non-hydrogen) atoms. The van der Waals surface area contributed by atoms with Crippen LogP contribution in [0.25, 0.3) is 0 Å². The quantitative estimate of drug-likeness (QED) is 0.885. The van der Waals surface area contributed by atoms with Gasteiger partial charge in [0.25, 0.3) is 0 Å². The molecule has 0 bridgehead atoms. The van der Waals surface area contributed by atoms with E-state index in [9.17, 15) is 4.79 Å². The van der Waals surface area contributed by atoms with Crippen LogP contribution in [0.3, 0.4) is 0 Å². The van der Waals surface area contributed by atoms with Gasteiger partial charge in [-0.1, -0.05) is 12.1 Å². The summed E-state index contributed by atoms with van der Waals surface area (Å²) in [5.41, 5.74) is 2.09. The minimum atomic E-state index is -0.575. The number of anilines is 3. The number of hydrogen-bond donors (Lipinski definition) is 2. The molecule has 0 saturated heterocycles. The Labute approximate surface area is 110 Å². The molecule has 6 nitrogen and oxygen atoms in total. The molecule has 2 aromatic rings. The highest BCUT2D eigenvalue weighted by Gasteiger charge is 2.03. The molecule has 6 heteroatoms. The zero-order chi connectivity index (χ0) is 13.7. The van der Waals surface area contributed by atoms with Crippen molar-refractivity contribution >= 4 is 23.4 Å². The number of aryl methyl sites for hydroxylation is 1. The molecule has 0 unspecified atom stereocenters. The highest BCUT2D eigenvalue weighted by Crippen LogP contribution is 2.15. The van der Waals surface area contributed by atoms with Crippen LogP contribution in [0, 0.1) is 6.92 Å². The Morgan fingerprint density at radius 3 is 2.53 bits per heavy atom. The number of carbonyl (C=O) groups excluding carboxylic acids is 1. The van der Waals surface area contributed by atoms with E-state index in [4.69, 9.17) is 0 Å². The second kappa shape index (κ2) is 5.81. The van der Waals surface area contributed by atoms with E-state index < -0.39 is 6.09 Å². The first-order valence-corrected chi connectivity index (χ1v) is 5.70. The number of methoxy groups -OCH3 is 1. The van der Waals surface area contributed by atoms with E-state index in [-0.39, 0.29) is 0 Å². The Kier molecular flexibility index (Phi) is 3.92. The van der Waals surface area contributed by atoms with Crippen molar-refractivity contribution in [1.82, 2.24) is 10.2 Å². The van der Waals surface area contributed by atoms with Crippen molar-refractivity contribution in [3.8, 4) is 0 Å². The van der Waals surface area contributed by atoms with E-state index in [1.807, 2.05) is 31.2 Å². The zero-order valence-electron chi connectivity index (χ0n) is 10.7. The summed E-state index contributed by atoms with van der Waals surface area (Å²) < 4.78 is 4.46. The van der Waals surface area contributed by atoms with E-state index in [1.165, 1.54) is 7.11 Å². The van der Waals surface area contributed by atoms with Gasteiger partial charge in [-0.2, -0.15) is 0 Å². The largest absolute Gasteiger partial charge is 0.453 e. The summed E-state index contributed by atoms with van der Waals surface area (Å²) in [4.78, 5) is 11.0. The third kappa shape index (κ3) is 3.67. The number of amides is 1. The van der Waals surface area contributed by atoms with Gasteiger partial charge in [0, 0.05) is 5.69 Å². The normalized spacial score (nSPS) is 9.79. The lowest BCUT2D eigenvalue weighted by Gasteiger charge is -2.06. The maximum Gasteiger partial charge on any atom is 0.412 e. The van der Waals surface area contributed by atoms with Crippen molar-refractivity contribution in [2.75, 3.05) is 17.7 Å². The summed E-state index contributed by atoms with van der Waals surface area (Å²) in [6, 6.07) is 11.3. The van der Waals surface area contributed by atoms with E-state index in [0.29, 0.717) is 11.6 Å². The number of benzene rings is 1. The first kappa shape index (κ1) is 12.8. The van der Waals surface area contributed by atoms with Crippen LogP contribution in [0.15, 0.2) is 36.4 Å². The molecular formula is C13H14N4O2. The van der Waals surface area contributed by atoms with Gasteiger partial charge in [0.15, 0.2) is 11.6 Å². The smallest absolute Gasteiger partial charge is 0.412 e. The summed E-state index contributed by atoms with van der Waals surface area (Å²) in [5.74, 6) is 0.933. The van der Waals surface area contributed by atoms with Gasteiger partial charge in [-0.15, -0.1) is 10.2 Å². The number of nitrogens with zero attached hydrogens (tertiary/aromatic N) is 2. The summed E-state index contributed by atoms with van der Waals surface area (Å²) in [6.07, 6.45) is -0.575. The second-order valence-electron chi connectivity index (χ2n) is 3.91. The monoisotopic (exact) mass is 258 g/mol. The van der Waals surface area contributed by atoms with Crippen LogP contribution < -0.4 is 10.6 Å². The minimum absolute atomic E-state index is 0.335. The standard InChI is InChI=1S/C13H14N4O2/c1-9-4-3-5-10(8-9)14-11-6-7-12(17-16-11)15-13(18)19-2/h3-8H,1-2H3,(H,14,16)(H,15,17,18). The average Bonchev–Trinajstić information content (AvgIpc) is 2.41. The molecule has 2 rings (SSSR count). The predicted octanol–water partition coefficient (Wildman–Crippen LogP) is 2.71. The molecule has 0 aliphatic heterocycles. The Morgan fingerprint density at radius 1 is 1.16 bits per heavy atom. The van der Waals surface area contributed by atoms with Gasteiger partial charge in [0.2, 0.25) is 0 Å². The number of ether oxygens (including phenoxy) is 1. The minimum Gasteiger partial charge on any atom is -0.453 e. The van der Waals surface area contributed by atoms with Crippen molar-refractivity contribution in [3.63, 3.8) is 0 Å². The van der Waals surface area contributed by atoms with Gasteiger partial charge in [0.05, 0.1) is 7.11 Å². The highest BCUT2D eigenvalue weighted by molar-refractivity contribution is 5.83. The predicted molar refractivity (Wildman–Crippen MR) is 72.5 cm³/mol. The third-order valence-electron chi connectivity index (χ3n) is 2.37. The van der Waals surface area contributed by atoms with E-state index in [0.717, 1.165) is 11.3 Å². The van der Waals surface area contributed by atoms with Crippen molar-refractivity contribution in [1.29, 1.82) is 0 Å². The van der Waals surface area contributed by atoms with Crippen LogP contribution in [-0.2, 0) is 4.74 Å². The molecule has 1 heterocycles.